The van der Waals surface area contributed by atoms with Crippen LogP contribution in [0.5, 0.6) is 5.75 Å². The van der Waals surface area contributed by atoms with Crippen molar-refractivity contribution in [2.45, 2.75) is 37.8 Å². The lowest BCUT2D eigenvalue weighted by atomic mass is 10.1. The smallest absolute Gasteiger partial charge is 0.324 e. The Morgan fingerprint density at radius 2 is 1.95 bits per heavy atom. The minimum absolute atomic E-state index is 0.454. The first-order valence-electron chi connectivity index (χ1n) is 6.46. The fraction of sp³-hybridized carbons (Fsp3) is 0.429. The van der Waals surface area contributed by atoms with Gasteiger partial charge >= 0.3 is 11.9 Å². The summed E-state index contributed by atoms with van der Waals surface area (Å²) in [6.07, 6.45) is 1.53. The Labute approximate surface area is 116 Å². The highest BCUT2D eigenvalue weighted by Crippen LogP contribution is 2.27. The van der Waals surface area contributed by atoms with E-state index in [9.17, 15) is 9.59 Å². The van der Waals surface area contributed by atoms with E-state index in [0.717, 1.165) is 19.3 Å². The molecule has 0 bridgehead atoms. The molecule has 0 spiro atoms. The fourth-order valence-corrected chi connectivity index (χ4v) is 2.37. The van der Waals surface area contributed by atoms with E-state index in [1.807, 2.05) is 12.1 Å². The third kappa shape index (κ3) is 3.27. The highest BCUT2D eigenvalue weighted by Gasteiger charge is 2.28. The van der Waals surface area contributed by atoms with Crippen molar-refractivity contribution in [3.8, 4) is 5.75 Å². The second-order valence-electron chi connectivity index (χ2n) is 4.90. The van der Waals surface area contributed by atoms with Crippen LogP contribution in [0.4, 0.5) is 0 Å². The van der Waals surface area contributed by atoms with E-state index in [2.05, 4.69) is 0 Å². The molecule has 2 atom stereocenters. The van der Waals surface area contributed by atoms with Crippen LogP contribution < -0.4 is 10.5 Å². The maximum Gasteiger partial charge on any atom is 0.324 e. The van der Waals surface area contributed by atoms with Gasteiger partial charge in [-0.1, -0.05) is 6.07 Å². The van der Waals surface area contributed by atoms with Gasteiger partial charge in [0.05, 0.1) is 6.42 Å². The fourth-order valence-electron chi connectivity index (χ4n) is 2.37. The summed E-state index contributed by atoms with van der Waals surface area (Å²) in [6, 6.07) is 4.13. The normalized spacial score (nSPS) is 16.2. The zero-order valence-electron chi connectivity index (χ0n) is 10.9. The summed E-state index contributed by atoms with van der Waals surface area (Å²) in [5.41, 5.74) is 7.91. The highest BCUT2D eigenvalue weighted by molar-refractivity contribution is 5.76. The van der Waals surface area contributed by atoms with Crippen molar-refractivity contribution in [2.75, 3.05) is 0 Å². The molecule has 6 nitrogen and oxygen atoms in total. The van der Waals surface area contributed by atoms with Crippen molar-refractivity contribution in [3.05, 3.63) is 29.3 Å². The first kappa shape index (κ1) is 14.3. The Hall–Kier alpha value is -2.08. The monoisotopic (exact) mass is 279 g/mol. The number of rotatable bonds is 6. The van der Waals surface area contributed by atoms with E-state index < -0.39 is 30.5 Å². The van der Waals surface area contributed by atoms with Gasteiger partial charge in [0, 0.05) is 0 Å². The third-order valence-corrected chi connectivity index (χ3v) is 3.42. The summed E-state index contributed by atoms with van der Waals surface area (Å²) in [6.45, 7) is 0. The average Bonchev–Trinajstić information content (AvgIpc) is 2.83. The predicted octanol–water partition coefficient (Wildman–Crippen LogP) is 0.809. The molecule has 0 aromatic heterocycles. The summed E-state index contributed by atoms with van der Waals surface area (Å²) in [4.78, 5) is 21.7. The van der Waals surface area contributed by atoms with Gasteiger partial charge in [-0.2, -0.15) is 0 Å². The molecular weight excluding hydrogens is 262 g/mol. The summed E-state index contributed by atoms with van der Waals surface area (Å²) < 4.78 is 5.49. The molecule has 0 fully saturated rings. The maximum atomic E-state index is 10.9. The van der Waals surface area contributed by atoms with Crippen LogP contribution in [0.3, 0.4) is 0 Å². The van der Waals surface area contributed by atoms with E-state index in [1.165, 1.54) is 11.1 Å². The first-order valence-corrected chi connectivity index (χ1v) is 6.46. The molecule has 4 N–H and O–H groups in total. The largest absolute Gasteiger partial charge is 0.488 e. The van der Waals surface area contributed by atoms with E-state index in [0.29, 0.717) is 5.75 Å². The number of carboxylic acid groups (broad SMARTS) is 2. The number of benzene rings is 1. The van der Waals surface area contributed by atoms with E-state index in [1.54, 1.807) is 6.07 Å². The third-order valence-electron chi connectivity index (χ3n) is 3.42. The Bertz CT molecular complexity index is 528. The lowest BCUT2D eigenvalue weighted by molar-refractivity contribution is -0.143. The van der Waals surface area contributed by atoms with Crippen LogP contribution in [-0.2, 0) is 22.4 Å². The molecule has 0 heterocycles. The van der Waals surface area contributed by atoms with Crippen LogP contribution in [0, 0.1) is 0 Å². The Morgan fingerprint density at radius 1 is 1.25 bits per heavy atom. The van der Waals surface area contributed by atoms with Gasteiger partial charge in [-0.15, -0.1) is 0 Å². The zero-order chi connectivity index (χ0) is 14.7. The second-order valence-corrected chi connectivity index (χ2v) is 4.90. The molecule has 2 rings (SSSR count). The molecule has 0 amide bonds. The molecule has 6 heteroatoms. The lowest BCUT2D eigenvalue weighted by Crippen LogP contribution is -2.46. The van der Waals surface area contributed by atoms with Crippen LogP contribution in [0.1, 0.15) is 24.0 Å². The number of ether oxygens (including phenoxy) is 1. The SMILES string of the molecule is N[C@H](C(=O)O)C(CC(=O)O)Oc1ccc2c(c1)CCC2. The van der Waals surface area contributed by atoms with Gasteiger partial charge in [-0.05, 0) is 42.5 Å². The van der Waals surface area contributed by atoms with Crippen LogP contribution in [0.25, 0.3) is 0 Å². The molecule has 1 aliphatic carbocycles. The van der Waals surface area contributed by atoms with Gasteiger partial charge in [0.1, 0.15) is 17.9 Å². The van der Waals surface area contributed by atoms with E-state index in [4.69, 9.17) is 20.7 Å². The van der Waals surface area contributed by atoms with Crippen LogP contribution >= 0.6 is 0 Å². The van der Waals surface area contributed by atoms with Crippen LogP contribution in [0.2, 0.25) is 0 Å². The van der Waals surface area contributed by atoms with E-state index in [-0.39, 0.29) is 0 Å². The topological polar surface area (TPSA) is 110 Å². The minimum Gasteiger partial charge on any atom is -0.488 e. The number of nitrogens with two attached hydrogens (primary N) is 1. The molecule has 20 heavy (non-hydrogen) atoms. The lowest BCUT2D eigenvalue weighted by Gasteiger charge is -2.21. The highest BCUT2D eigenvalue weighted by atomic mass is 16.5. The maximum absolute atomic E-state index is 10.9. The molecule has 1 unspecified atom stereocenters. The number of aliphatic carboxylic acids is 2. The standard InChI is InChI=1S/C14H17NO5/c15-13(14(18)19)11(7-12(16)17)20-10-5-4-8-2-1-3-9(8)6-10/h4-6,11,13H,1-3,7,15H2,(H,16,17)(H,18,19)/t11?,13-/m0/s1. The van der Waals surface area contributed by atoms with Gasteiger partial charge in [0.25, 0.3) is 0 Å². The van der Waals surface area contributed by atoms with E-state index >= 15 is 0 Å². The summed E-state index contributed by atoms with van der Waals surface area (Å²) in [7, 11) is 0. The van der Waals surface area contributed by atoms with Crippen LogP contribution in [0.15, 0.2) is 18.2 Å². The number of fused-ring (bicyclic) bond motifs is 1. The quantitative estimate of drug-likeness (QED) is 0.710. The van der Waals surface area contributed by atoms with Crippen molar-refractivity contribution in [1.29, 1.82) is 0 Å². The molecule has 0 aliphatic heterocycles. The van der Waals surface area contributed by atoms with Crippen molar-refractivity contribution in [3.63, 3.8) is 0 Å². The molecule has 108 valence electrons. The number of hydrogen-bond donors (Lipinski definition) is 3. The molecule has 1 aliphatic rings. The number of carbonyl (C=O) groups is 2. The minimum atomic E-state index is -1.38. The van der Waals surface area contributed by atoms with Crippen molar-refractivity contribution < 1.29 is 24.5 Å². The second kappa shape index (κ2) is 5.92. The molecule has 1 aromatic rings. The van der Waals surface area contributed by atoms with Crippen molar-refractivity contribution >= 4 is 11.9 Å². The summed E-state index contributed by atoms with van der Waals surface area (Å²) >= 11 is 0. The molecule has 0 saturated heterocycles. The molecule has 0 saturated carbocycles. The zero-order valence-corrected chi connectivity index (χ0v) is 10.9. The van der Waals surface area contributed by atoms with Crippen molar-refractivity contribution in [1.82, 2.24) is 0 Å². The summed E-state index contributed by atoms with van der Waals surface area (Å²) in [5.74, 6) is -1.96. The predicted molar refractivity (Wildman–Crippen MR) is 70.7 cm³/mol. The Morgan fingerprint density at radius 3 is 2.60 bits per heavy atom. The van der Waals surface area contributed by atoms with Crippen LogP contribution in [-0.4, -0.2) is 34.3 Å². The average molecular weight is 279 g/mol. The van der Waals surface area contributed by atoms with Crippen molar-refractivity contribution in [2.24, 2.45) is 5.73 Å². The summed E-state index contributed by atoms with van der Waals surface area (Å²) in [5, 5.41) is 17.7. The number of carboxylic acids is 2. The van der Waals surface area contributed by atoms with Gasteiger partial charge in [0.15, 0.2) is 0 Å². The molecular formula is C14H17NO5. The van der Waals surface area contributed by atoms with Gasteiger partial charge in [-0.25, -0.2) is 0 Å². The Balaban J connectivity index is 2.14. The van der Waals surface area contributed by atoms with Gasteiger partial charge in [0.2, 0.25) is 0 Å². The first-order chi connectivity index (χ1) is 9.47. The molecule has 0 radical (unpaired) electrons. The Kier molecular flexibility index (Phi) is 4.24. The number of hydrogen-bond acceptors (Lipinski definition) is 4. The molecule has 1 aromatic carbocycles. The van der Waals surface area contributed by atoms with Gasteiger partial charge < -0.3 is 20.7 Å². The van der Waals surface area contributed by atoms with Gasteiger partial charge in [-0.3, -0.25) is 9.59 Å². The number of aryl methyl sites for hydroxylation is 2.